The Labute approximate surface area is 143 Å². The van der Waals surface area contributed by atoms with Crippen LogP contribution in [-0.2, 0) is 4.79 Å². The van der Waals surface area contributed by atoms with E-state index in [9.17, 15) is 4.79 Å². The van der Waals surface area contributed by atoms with Gasteiger partial charge in [-0.2, -0.15) is 0 Å². The Morgan fingerprint density at radius 3 is 2.61 bits per heavy atom. The van der Waals surface area contributed by atoms with Gasteiger partial charge in [0.25, 0.3) is 0 Å². The third-order valence-electron chi connectivity index (χ3n) is 3.69. The topological polar surface area (TPSA) is 41.1 Å². The molecule has 0 saturated carbocycles. The summed E-state index contributed by atoms with van der Waals surface area (Å²) in [4.78, 5) is 12.0. The number of carbonyl (C=O) groups is 1. The highest BCUT2D eigenvalue weighted by Gasteiger charge is 2.09. The summed E-state index contributed by atoms with van der Waals surface area (Å²) in [5.41, 5.74) is 4.34. The Bertz CT molecular complexity index is 683. The third-order valence-corrected chi connectivity index (χ3v) is 3.92. The first kappa shape index (κ1) is 17.4. The molecule has 122 valence electrons. The number of carbonyl (C=O) groups excluding carboxylic acids is 1. The van der Waals surface area contributed by atoms with Crippen LogP contribution in [0.3, 0.4) is 0 Å². The van der Waals surface area contributed by atoms with E-state index in [1.165, 1.54) is 11.1 Å². The van der Waals surface area contributed by atoms with Crippen LogP contribution in [0.1, 0.15) is 37.3 Å². The van der Waals surface area contributed by atoms with E-state index in [1.54, 1.807) is 12.1 Å². The van der Waals surface area contributed by atoms with Crippen molar-refractivity contribution in [1.82, 2.24) is 0 Å². The normalized spacial score (nSPS) is 10.7. The number of amides is 1. The maximum Gasteiger partial charge on any atom is 0.226 e. The fourth-order valence-corrected chi connectivity index (χ4v) is 2.69. The second kappa shape index (κ2) is 8.02. The minimum atomic E-state index is -0.0283. The lowest BCUT2D eigenvalue weighted by molar-refractivity contribution is -0.115. The van der Waals surface area contributed by atoms with E-state index < -0.39 is 0 Å². The number of halogens is 1. The molecule has 0 aliphatic carbocycles. The predicted molar refractivity (Wildman–Crippen MR) is 98.5 cm³/mol. The number of benzene rings is 2. The molecule has 2 aromatic carbocycles. The van der Waals surface area contributed by atoms with E-state index in [0.29, 0.717) is 23.9 Å². The van der Waals surface area contributed by atoms with E-state index in [-0.39, 0.29) is 5.91 Å². The maximum atomic E-state index is 12.0. The first-order valence-corrected chi connectivity index (χ1v) is 8.24. The van der Waals surface area contributed by atoms with E-state index >= 15 is 0 Å². The SMILES string of the molecule is Cc1cccc(C(C)C)c1NCCC(=O)Nc1cccc(Cl)c1. The molecule has 2 rings (SSSR count). The molecule has 0 saturated heterocycles. The number of para-hydroxylation sites is 1. The molecular formula is C19H23ClN2O. The lowest BCUT2D eigenvalue weighted by Gasteiger charge is -2.17. The lowest BCUT2D eigenvalue weighted by atomic mass is 9.98. The van der Waals surface area contributed by atoms with Crippen molar-refractivity contribution in [2.45, 2.75) is 33.1 Å². The minimum Gasteiger partial charge on any atom is -0.384 e. The first-order valence-electron chi connectivity index (χ1n) is 7.86. The first-order chi connectivity index (χ1) is 11.0. The summed E-state index contributed by atoms with van der Waals surface area (Å²) in [6, 6.07) is 13.5. The second-order valence-corrected chi connectivity index (χ2v) is 6.37. The fourth-order valence-electron chi connectivity index (χ4n) is 2.50. The van der Waals surface area contributed by atoms with Crippen molar-refractivity contribution >= 4 is 28.9 Å². The van der Waals surface area contributed by atoms with Crippen LogP contribution < -0.4 is 10.6 Å². The molecule has 0 aliphatic rings. The number of nitrogens with one attached hydrogen (secondary N) is 2. The van der Waals surface area contributed by atoms with E-state index in [2.05, 4.69) is 49.6 Å². The van der Waals surface area contributed by atoms with Gasteiger partial charge < -0.3 is 10.6 Å². The predicted octanol–water partition coefficient (Wildman–Crippen LogP) is 5.21. The molecule has 0 spiro atoms. The summed E-state index contributed by atoms with van der Waals surface area (Å²) in [5, 5.41) is 6.88. The zero-order valence-electron chi connectivity index (χ0n) is 13.8. The monoisotopic (exact) mass is 330 g/mol. The Hall–Kier alpha value is -2.00. The highest BCUT2D eigenvalue weighted by molar-refractivity contribution is 6.30. The molecule has 0 aliphatic heterocycles. The van der Waals surface area contributed by atoms with Crippen molar-refractivity contribution in [2.24, 2.45) is 0 Å². The summed E-state index contributed by atoms with van der Waals surface area (Å²) in [6.07, 6.45) is 0.401. The highest BCUT2D eigenvalue weighted by Crippen LogP contribution is 2.27. The van der Waals surface area contributed by atoms with Gasteiger partial charge in [0, 0.05) is 29.4 Å². The van der Waals surface area contributed by atoms with E-state index in [1.807, 2.05) is 12.1 Å². The summed E-state index contributed by atoms with van der Waals surface area (Å²) >= 11 is 5.91. The Kier molecular flexibility index (Phi) is 6.05. The second-order valence-electron chi connectivity index (χ2n) is 5.93. The van der Waals surface area contributed by atoms with E-state index in [0.717, 1.165) is 11.4 Å². The van der Waals surface area contributed by atoms with Crippen LogP contribution in [0, 0.1) is 6.92 Å². The minimum absolute atomic E-state index is 0.0283. The van der Waals surface area contributed by atoms with Crippen molar-refractivity contribution in [1.29, 1.82) is 0 Å². The van der Waals surface area contributed by atoms with Gasteiger partial charge >= 0.3 is 0 Å². The van der Waals surface area contributed by atoms with Crippen LogP contribution in [0.5, 0.6) is 0 Å². The number of hydrogen-bond donors (Lipinski definition) is 2. The van der Waals surface area contributed by atoms with Crippen molar-refractivity contribution in [2.75, 3.05) is 17.2 Å². The van der Waals surface area contributed by atoms with Crippen LogP contribution in [0.15, 0.2) is 42.5 Å². The lowest BCUT2D eigenvalue weighted by Crippen LogP contribution is -2.17. The van der Waals surface area contributed by atoms with Gasteiger partial charge in [0.1, 0.15) is 0 Å². The van der Waals surface area contributed by atoms with Gasteiger partial charge in [0.2, 0.25) is 5.91 Å². The van der Waals surface area contributed by atoms with Gasteiger partial charge in [-0.3, -0.25) is 4.79 Å². The summed E-state index contributed by atoms with van der Waals surface area (Å²) in [6.45, 7) is 7.02. The smallest absolute Gasteiger partial charge is 0.226 e. The molecule has 1 amide bonds. The summed E-state index contributed by atoms with van der Waals surface area (Å²) < 4.78 is 0. The van der Waals surface area contributed by atoms with Crippen LogP contribution >= 0.6 is 11.6 Å². The average molecular weight is 331 g/mol. The summed E-state index contributed by atoms with van der Waals surface area (Å²) in [7, 11) is 0. The van der Waals surface area contributed by atoms with Crippen molar-refractivity contribution in [3.05, 3.63) is 58.6 Å². The van der Waals surface area contributed by atoms with Gasteiger partial charge in [-0.05, 0) is 42.2 Å². The molecule has 2 aromatic rings. The highest BCUT2D eigenvalue weighted by atomic mass is 35.5. The van der Waals surface area contributed by atoms with Crippen molar-refractivity contribution in [3.8, 4) is 0 Å². The van der Waals surface area contributed by atoms with Crippen LogP contribution in [-0.4, -0.2) is 12.5 Å². The molecule has 0 aromatic heterocycles. The zero-order chi connectivity index (χ0) is 16.8. The number of rotatable bonds is 6. The molecular weight excluding hydrogens is 308 g/mol. The van der Waals surface area contributed by atoms with Crippen molar-refractivity contribution in [3.63, 3.8) is 0 Å². The number of aryl methyl sites for hydroxylation is 1. The van der Waals surface area contributed by atoms with Crippen LogP contribution in [0.4, 0.5) is 11.4 Å². The van der Waals surface area contributed by atoms with Gasteiger partial charge in [-0.25, -0.2) is 0 Å². The number of anilines is 2. The molecule has 23 heavy (non-hydrogen) atoms. The van der Waals surface area contributed by atoms with Crippen LogP contribution in [0.25, 0.3) is 0 Å². The average Bonchev–Trinajstić information content (AvgIpc) is 2.48. The molecule has 0 atom stereocenters. The van der Waals surface area contributed by atoms with Gasteiger partial charge in [0.15, 0.2) is 0 Å². The van der Waals surface area contributed by atoms with Gasteiger partial charge in [-0.15, -0.1) is 0 Å². The molecule has 0 heterocycles. The quantitative estimate of drug-likeness (QED) is 0.763. The molecule has 3 nitrogen and oxygen atoms in total. The van der Waals surface area contributed by atoms with Gasteiger partial charge in [-0.1, -0.05) is 49.7 Å². The Morgan fingerprint density at radius 2 is 1.91 bits per heavy atom. The Balaban J connectivity index is 1.91. The summed E-state index contributed by atoms with van der Waals surface area (Å²) in [5.74, 6) is 0.414. The zero-order valence-corrected chi connectivity index (χ0v) is 14.6. The fraction of sp³-hybridized carbons (Fsp3) is 0.316. The molecule has 0 radical (unpaired) electrons. The standard InChI is InChI=1S/C19H23ClN2O/c1-13(2)17-9-4-6-14(3)19(17)21-11-10-18(23)22-16-8-5-7-15(20)12-16/h4-9,12-13,21H,10-11H2,1-3H3,(H,22,23). The Morgan fingerprint density at radius 1 is 1.17 bits per heavy atom. The molecule has 0 unspecified atom stereocenters. The molecule has 0 fully saturated rings. The molecule has 0 bridgehead atoms. The third kappa shape index (κ3) is 5.00. The molecule has 2 N–H and O–H groups in total. The van der Waals surface area contributed by atoms with E-state index in [4.69, 9.17) is 11.6 Å². The molecule has 4 heteroatoms. The van der Waals surface area contributed by atoms with Crippen LogP contribution in [0.2, 0.25) is 5.02 Å². The van der Waals surface area contributed by atoms with Gasteiger partial charge in [0.05, 0.1) is 0 Å². The largest absolute Gasteiger partial charge is 0.384 e. The maximum absolute atomic E-state index is 12.0. The van der Waals surface area contributed by atoms with Crippen molar-refractivity contribution < 1.29 is 4.79 Å². The number of hydrogen-bond acceptors (Lipinski definition) is 2.